The summed E-state index contributed by atoms with van der Waals surface area (Å²) in [7, 11) is 1.66. The van der Waals surface area contributed by atoms with Crippen LogP contribution in [0.25, 0.3) is 0 Å². The number of benzene rings is 1. The summed E-state index contributed by atoms with van der Waals surface area (Å²) >= 11 is 1.72. The van der Waals surface area contributed by atoms with Crippen molar-refractivity contribution >= 4 is 41.3 Å². The minimum absolute atomic E-state index is 0. The van der Waals surface area contributed by atoms with E-state index in [4.69, 9.17) is 5.26 Å². The summed E-state index contributed by atoms with van der Waals surface area (Å²) in [5, 5.41) is 15.1. The molecule has 4 nitrogen and oxygen atoms in total. The number of aryl methyl sites for hydroxylation is 1. The summed E-state index contributed by atoms with van der Waals surface area (Å²) in [6.07, 6.45) is 0. The van der Waals surface area contributed by atoms with E-state index in [9.17, 15) is 4.39 Å². The first-order chi connectivity index (χ1) is 10.6. The van der Waals surface area contributed by atoms with Crippen LogP contribution in [0.4, 0.5) is 4.39 Å². The molecule has 2 N–H and O–H groups in total. The Morgan fingerprint density at radius 3 is 2.61 bits per heavy atom. The van der Waals surface area contributed by atoms with Crippen molar-refractivity contribution in [3.05, 3.63) is 57.0 Å². The Morgan fingerprint density at radius 1 is 1.26 bits per heavy atom. The van der Waals surface area contributed by atoms with E-state index in [1.807, 2.05) is 6.07 Å². The van der Waals surface area contributed by atoms with Gasteiger partial charge in [-0.1, -0.05) is 0 Å². The summed E-state index contributed by atoms with van der Waals surface area (Å²) in [6, 6.07) is 10.5. The van der Waals surface area contributed by atoms with Gasteiger partial charge >= 0.3 is 0 Å². The van der Waals surface area contributed by atoms with Gasteiger partial charge in [0.25, 0.3) is 0 Å². The molecule has 2 rings (SSSR count). The Bertz CT molecular complexity index is 721. The fourth-order valence-corrected chi connectivity index (χ4v) is 2.76. The average Bonchev–Trinajstić information content (AvgIpc) is 2.94. The quantitative estimate of drug-likeness (QED) is 0.431. The van der Waals surface area contributed by atoms with Gasteiger partial charge in [0.15, 0.2) is 5.96 Å². The minimum Gasteiger partial charge on any atom is -0.352 e. The van der Waals surface area contributed by atoms with Gasteiger partial charge in [-0.25, -0.2) is 4.39 Å². The predicted molar refractivity (Wildman–Crippen MR) is 103 cm³/mol. The molecule has 0 radical (unpaired) electrons. The Labute approximate surface area is 156 Å². The van der Waals surface area contributed by atoms with Gasteiger partial charge in [-0.15, -0.1) is 35.3 Å². The molecule has 0 saturated heterocycles. The fourth-order valence-electron chi connectivity index (χ4n) is 1.93. The van der Waals surface area contributed by atoms with Crippen LogP contribution >= 0.6 is 35.3 Å². The maximum absolute atomic E-state index is 13.7. The first-order valence-electron chi connectivity index (χ1n) is 6.80. The van der Waals surface area contributed by atoms with Gasteiger partial charge < -0.3 is 10.6 Å². The number of hydrogen-bond donors (Lipinski definition) is 2. The first kappa shape index (κ1) is 19.4. The molecular weight excluding hydrogens is 426 g/mol. The zero-order valence-corrected chi connectivity index (χ0v) is 16.0. The van der Waals surface area contributed by atoms with Crippen molar-refractivity contribution in [1.82, 2.24) is 10.6 Å². The molecule has 0 aliphatic heterocycles. The van der Waals surface area contributed by atoms with Crippen LogP contribution in [0.2, 0.25) is 0 Å². The molecule has 0 amide bonds. The third-order valence-electron chi connectivity index (χ3n) is 3.07. The molecule has 0 unspecified atom stereocenters. The van der Waals surface area contributed by atoms with Gasteiger partial charge in [0.05, 0.1) is 18.2 Å². The molecule has 1 heterocycles. The van der Waals surface area contributed by atoms with Crippen LogP contribution < -0.4 is 10.6 Å². The van der Waals surface area contributed by atoms with Gasteiger partial charge in [0.2, 0.25) is 0 Å². The Morgan fingerprint density at radius 2 is 2.00 bits per heavy atom. The summed E-state index contributed by atoms with van der Waals surface area (Å²) < 4.78 is 13.7. The van der Waals surface area contributed by atoms with Crippen molar-refractivity contribution in [1.29, 1.82) is 5.26 Å². The SMILES string of the molecule is CN=C(NCc1ccc(C)s1)NCc1cc(C#N)ccc1F.I. The summed E-state index contributed by atoms with van der Waals surface area (Å²) in [5.41, 5.74) is 0.879. The average molecular weight is 444 g/mol. The number of nitrogens with one attached hydrogen (secondary N) is 2. The third-order valence-corrected chi connectivity index (χ3v) is 4.07. The van der Waals surface area contributed by atoms with Crippen LogP contribution in [0.15, 0.2) is 35.3 Å². The number of aliphatic imine (C=N–C) groups is 1. The van der Waals surface area contributed by atoms with Crippen molar-refractivity contribution in [2.45, 2.75) is 20.0 Å². The molecule has 1 aromatic carbocycles. The highest BCUT2D eigenvalue weighted by molar-refractivity contribution is 14.0. The predicted octanol–water partition coefficient (Wildman–Crippen LogP) is 3.55. The number of thiophene rings is 1. The van der Waals surface area contributed by atoms with Crippen LogP contribution in [0.1, 0.15) is 20.9 Å². The lowest BCUT2D eigenvalue weighted by molar-refractivity contribution is 0.604. The second-order valence-corrected chi connectivity index (χ2v) is 6.08. The highest BCUT2D eigenvalue weighted by Crippen LogP contribution is 2.14. The molecule has 0 fully saturated rings. The molecule has 7 heteroatoms. The molecule has 0 aliphatic rings. The van der Waals surface area contributed by atoms with Crippen molar-refractivity contribution in [3.63, 3.8) is 0 Å². The number of halogens is 2. The van der Waals surface area contributed by atoms with E-state index in [0.29, 0.717) is 23.6 Å². The zero-order chi connectivity index (χ0) is 15.9. The van der Waals surface area contributed by atoms with Crippen molar-refractivity contribution in [2.24, 2.45) is 4.99 Å². The van der Waals surface area contributed by atoms with Gasteiger partial charge in [0, 0.05) is 28.9 Å². The molecule has 122 valence electrons. The molecule has 0 atom stereocenters. The maximum Gasteiger partial charge on any atom is 0.191 e. The Balaban J connectivity index is 0.00000264. The minimum atomic E-state index is -0.337. The molecule has 0 bridgehead atoms. The standard InChI is InChI=1S/C16H17FN4S.HI/c1-11-3-5-14(22-11)10-21-16(19-2)20-9-13-7-12(8-18)4-6-15(13)17;/h3-7H,9-10H2,1-2H3,(H2,19,20,21);1H. The summed E-state index contributed by atoms with van der Waals surface area (Å²) in [5.74, 6) is 0.253. The Hall–Kier alpha value is -1.66. The van der Waals surface area contributed by atoms with Crippen LogP contribution in [0.5, 0.6) is 0 Å². The lowest BCUT2D eigenvalue weighted by Gasteiger charge is -2.12. The van der Waals surface area contributed by atoms with E-state index in [1.54, 1.807) is 18.4 Å². The van der Waals surface area contributed by atoms with E-state index >= 15 is 0 Å². The Kier molecular flexibility index (Phi) is 7.98. The topological polar surface area (TPSA) is 60.2 Å². The molecule has 1 aromatic heterocycles. The van der Waals surface area contributed by atoms with Crippen LogP contribution in [0.3, 0.4) is 0 Å². The summed E-state index contributed by atoms with van der Waals surface area (Å²) in [6.45, 7) is 3.00. The molecule has 0 spiro atoms. The van der Waals surface area contributed by atoms with E-state index in [-0.39, 0.29) is 36.3 Å². The fraction of sp³-hybridized carbons (Fsp3) is 0.250. The lowest BCUT2D eigenvalue weighted by Crippen LogP contribution is -2.36. The highest BCUT2D eigenvalue weighted by atomic mass is 127. The van der Waals surface area contributed by atoms with Crippen molar-refractivity contribution < 1.29 is 4.39 Å². The van der Waals surface area contributed by atoms with Gasteiger partial charge in [-0.3, -0.25) is 4.99 Å². The monoisotopic (exact) mass is 444 g/mol. The molecule has 0 saturated carbocycles. The molecule has 23 heavy (non-hydrogen) atoms. The van der Waals surface area contributed by atoms with Crippen molar-refractivity contribution in [2.75, 3.05) is 7.05 Å². The molecule has 0 aliphatic carbocycles. The van der Waals surface area contributed by atoms with Crippen LogP contribution in [0, 0.1) is 24.1 Å². The largest absolute Gasteiger partial charge is 0.352 e. The second-order valence-electron chi connectivity index (χ2n) is 4.71. The smallest absolute Gasteiger partial charge is 0.191 e. The second kappa shape index (κ2) is 9.47. The van der Waals surface area contributed by atoms with E-state index < -0.39 is 0 Å². The highest BCUT2D eigenvalue weighted by Gasteiger charge is 2.05. The number of nitrogens with zero attached hydrogens (tertiary/aromatic N) is 2. The number of rotatable bonds is 4. The first-order valence-corrected chi connectivity index (χ1v) is 7.62. The van der Waals surface area contributed by atoms with E-state index in [1.165, 1.54) is 28.0 Å². The van der Waals surface area contributed by atoms with Crippen molar-refractivity contribution in [3.8, 4) is 6.07 Å². The van der Waals surface area contributed by atoms with E-state index in [0.717, 1.165) is 0 Å². The van der Waals surface area contributed by atoms with Gasteiger partial charge in [-0.05, 0) is 37.3 Å². The number of hydrogen-bond acceptors (Lipinski definition) is 3. The zero-order valence-electron chi connectivity index (χ0n) is 12.9. The van der Waals surface area contributed by atoms with E-state index in [2.05, 4.69) is 34.7 Å². The van der Waals surface area contributed by atoms with Gasteiger partial charge in [0.1, 0.15) is 5.82 Å². The number of guanidine groups is 1. The van der Waals surface area contributed by atoms with Gasteiger partial charge in [-0.2, -0.15) is 5.26 Å². The molecular formula is C16H18FIN4S. The van der Waals surface area contributed by atoms with Crippen LogP contribution in [-0.2, 0) is 13.1 Å². The third kappa shape index (κ3) is 5.80. The summed E-state index contributed by atoms with van der Waals surface area (Å²) in [4.78, 5) is 6.57. The maximum atomic E-state index is 13.7. The number of nitriles is 1. The molecule has 2 aromatic rings. The normalized spacial score (nSPS) is 10.6. The lowest BCUT2D eigenvalue weighted by atomic mass is 10.1. The van der Waals surface area contributed by atoms with Crippen LogP contribution in [-0.4, -0.2) is 13.0 Å².